The molecule has 0 aliphatic carbocycles. The second kappa shape index (κ2) is 6.75. The van der Waals surface area contributed by atoms with Gasteiger partial charge in [0.25, 0.3) is 0 Å². The number of hydrogen-bond acceptors (Lipinski definition) is 5. The highest BCUT2D eigenvalue weighted by molar-refractivity contribution is 6.30. The summed E-state index contributed by atoms with van der Waals surface area (Å²) in [5.41, 5.74) is 0.771. The number of ether oxygens (including phenoxy) is 4. The van der Waals surface area contributed by atoms with Gasteiger partial charge in [-0.25, -0.2) is 9.18 Å². The van der Waals surface area contributed by atoms with Crippen molar-refractivity contribution in [1.29, 1.82) is 0 Å². The van der Waals surface area contributed by atoms with E-state index in [1.165, 1.54) is 12.1 Å². The molecule has 0 atom stereocenters. The number of carbonyl (C=O) groups excluding carboxylic acids is 1. The Morgan fingerprint density at radius 2 is 2.00 bits per heavy atom. The Kier molecular flexibility index (Phi) is 4.52. The first-order valence-electron chi connectivity index (χ1n) is 6.74. The molecular formula is C16H12ClFO5. The summed E-state index contributed by atoms with van der Waals surface area (Å²) in [5.74, 6) is 0.469. The van der Waals surface area contributed by atoms with Gasteiger partial charge in [-0.3, -0.25) is 0 Å². The van der Waals surface area contributed by atoms with Gasteiger partial charge < -0.3 is 18.9 Å². The second-order valence-electron chi connectivity index (χ2n) is 4.71. The molecule has 120 valence electrons. The summed E-state index contributed by atoms with van der Waals surface area (Å²) < 4.78 is 33.7. The van der Waals surface area contributed by atoms with Gasteiger partial charge in [0.1, 0.15) is 18.2 Å². The molecule has 2 aromatic carbocycles. The second-order valence-corrected chi connectivity index (χ2v) is 5.12. The van der Waals surface area contributed by atoms with Crippen LogP contribution in [0.3, 0.4) is 0 Å². The van der Waals surface area contributed by atoms with Gasteiger partial charge >= 0.3 is 5.97 Å². The average molecular weight is 339 g/mol. The molecule has 0 amide bonds. The first-order chi connectivity index (χ1) is 11.1. The summed E-state index contributed by atoms with van der Waals surface area (Å²) >= 11 is 5.62. The smallest absolute Gasteiger partial charge is 0.344 e. The van der Waals surface area contributed by atoms with Crippen molar-refractivity contribution >= 4 is 17.6 Å². The number of halogens is 2. The molecule has 0 saturated heterocycles. The van der Waals surface area contributed by atoms with Gasteiger partial charge in [0.2, 0.25) is 6.79 Å². The Morgan fingerprint density at radius 1 is 1.17 bits per heavy atom. The number of esters is 1. The summed E-state index contributed by atoms with van der Waals surface area (Å²) in [6.07, 6.45) is 0. The monoisotopic (exact) mass is 338 g/mol. The van der Waals surface area contributed by atoms with E-state index >= 15 is 0 Å². The van der Waals surface area contributed by atoms with Crippen LogP contribution in [0.15, 0.2) is 36.4 Å². The molecular weight excluding hydrogens is 327 g/mol. The number of hydrogen-bond donors (Lipinski definition) is 0. The van der Waals surface area contributed by atoms with Crippen molar-refractivity contribution in [3.05, 3.63) is 52.8 Å². The molecule has 3 rings (SSSR count). The Balaban J connectivity index is 1.48. The van der Waals surface area contributed by atoms with Crippen molar-refractivity contribution in [2.24, 2.45) is 0 Å². The average Bonchev–Trinajstić information content (AvgIpc) is 3.01. The van der Waals surface area contributed by atoms with Gasteiger partial charge in [-0.05, 0) is 29.8 Å². The number of fused-ring (bicyclic) bond motifs is 1. The SMILES string of the molecule is O=C(COc1ccc(F)c(Cl)c1)OCc1ccc2c(c1)OCO2. The van der Waals surface area contributed by atoms with Crippen LogP contribution in [0.1, 0.15) is 5.56 Å². The van der Waals surface area contributed by atoms with Gasteiger partial charge in [0.15, 0.2) is 18.1 Å². The molecule has 0 fully saturated rings. The molecule has 2 aromatic rings. The normalized spacial score (nSPS) is 12.1. The standard InChI is InChI=1S/C16H12ClFO5/c17-12-6-11(2-3-13(12)18)20-8-16(19)21-7-10-1-4-14-15(5-10)23-9-22-14/h1-6H,7-9H2. The molecule has 23 heavy (non-hydrogen) atoms. The molecule has 0 bridgehead atoms. The summed E-state index contributed by atoms with van der Waals surface area (Å²) in [4.78, 5) is 11.7. The minimum absolute atomic E-state index is 0.0729. The molecule has 5 nitrogen and oxygen atoms in total. The number of benzene rings is 2. The van der Waals surface area contributed by atoms with Crippen molar-refractivity contribution in [2.75, 3.05) is 13.4 Å². The molecule has 1 aliphatic rings. The maximum atomic E-state index is 13.0. The van der Waals surface area contributed by atoms with Gasteiger partial charge in [-0.2, -0.15) is 0 Å². The summed E-state index contributed by atoms with van der Waals surface area (Å²) in [6.45, 7) is -0.0256. The fourth-order valence-electron chi connectivity index (χ4n) is 1.95. The summed E-state index contributed by atoms with van der Waals surface area (Å²) in [6, 6.07) is 9.12. The lowest BCUT2D eigenvalue weighted by molar-refractivity contribution is -0.147. The number of carbonyl (C=O) groups is 1. The lowest BCUT2D eigenvalue weighted by Gasteiger charge is -2.08. The highest BCUT2D eigenvalue weighted by atomic mass is 35.5. The molecule has 0 N–H and O–H groups in total. The van der Waals surface area contributed by atoms with Crippen LogP contribution in [0.4, 0.5) is 4.39 Å². The maximum absolute atomic E-state index is 13.0. The minimum atomic E-state index is -0.553. The molecule has 0 saturated carbocycles. The quantitative estimate of drug-likeness (QED) is 0.783. The van der Waals surface area contributed by atoms with E-state index in [1.807, 2.05) is 0 Å². The van der Waals surface area contributed by atoms with Crippen molar-refractivity contribution in [1.82, 2.24) is 0 Å². The van der Waals surface area contributed by atoms with Crippen LogP contribution >= 0.6 is 11.6 Å². The van der Waals surface area contributed by atoms with Crippen LogP contribution < -0.4 is 14.2 Å². The van der Waals surface area contributed by atoms with Crippen LogP contribution in [0.5, 0.6) is 17.2 Å². The van der Waals surface area contributed by atoms with Crippen LogP contribution in [0, 0.1) is 5.82 Å². The van der Waals surface area contributed by atoms with Crippen LogP contribution in [0.2, 0.25) is 5.02 Å². The fourth-order valence-corrected chi connectivity index (χ4v) is 2.12. The molecule has 0 unspecified atom stereocenters. The zero-order chi connectivity index (χ0) is 16.2. The highest BCUT2D eigenvalue weighted by Gasteiger charge is 2.14. The predicted molar refractivity (Wildman–Crippen MR) is 79.3 cm³/mol. The van der Waals surface area contributed by atoms with E-state index in [0.717, 1.165) is 11.6 Å². The third-order valence-electron chi connectivity index (χ3n) is 3.08. The van der Waals surface area contributed by atoms with Crippen LogP contribution in [-0.2, 0) is 16.1 Å². The first kappa shape index (κ1) is 15.4. The molecule has 1 heterocycles. The fraction of sp³-hybridized carbons (Fsp3) is 0.188. The zero-order valence-electron chi connectivity index (χ0n) is 11.9. The van der Waals surface area contributed by atoms with E-state index in [1.54, 1.807) is 18.2 Å². The van der Waals surface area contributed by atoms with Gasteiger partial charge in [-0.1, -0.05) is 17.7 Å². The topological polar surface area (TPSA) is 54.0 Å². The Morgan fingerprint density at radius 3 is 2.83 bits per heavy atom. The van der Waals surface area contributed by atoms with Crippen molar-refractivity contribution in [3.63, 3.8) is 0 Å². The van der Waals surface area contributed by atoms with E-state index in [2.05, 4.69) is 0 Å². The zero-order valence-corrected chi connectivity index (χ0v) is 12.6. The van der Waals surface area contributed by atoms with Crippen LogP contribution in [0.25, 0.3) is 0 Å². The van der Waals surface area contributed by atoms with Crippen LogP contribution in [-0.4, -0.2) is 19.4 Å². The highest BCUT2D eigenvalue weighted by Crippen LogP contribution is 2.32. The van der Waals surface area contributed by atoms with E-state index in [9.17, 15) is 9.18 Å². The third kappa shape index (κ3) is 3.84. The van der Waals surface area contributed by atoms with Gasteiger partial charge in [-0.15, -0.1) is 0 Å². The molecule has 0 aromatic heterocycles. The van der Waals surface area contributed by atoms with Crippen molar-refractivity contribution in [3.8, 4) is 17.2 Å². The molecule has 1 aliphatic heterocycles. The maximum Gasteiger partial charge on any atom is 0.344 e. The third-order valence-corrected chi connectivity index (χ3v) is 3.37. The molecule has 0 radical (unpaired) electrons. The lowest BCUT2D eigenvalue weighted by atomic mass is 10.2. The molecule has 7 heteroatoms. The Bertz CT molecular complexity index is 734. The molecule has 0 spiro atoms. The Hall–Kier alpha value is -2.47. The predicted octanol–water partition coefficient (Wildman–Crippen LogP) is 3.33. The Labute approximate surface area is 136 Å². The first-order valence-corrected chi connectivity index (χ1v) is 7.11. The largest absolute Gasteiger partial charge is 0.482 e. The van der Waals surface area contributed by atoms with Crippen molar-refractivity contribution in [2.45, 2.75) is 6.61 Å². The van der Waals surface area contributed by atoms with E-state index < -0.39 is 11.8 Å². The van der Waals surface area contributed by atoms with Gasteiger partial charge in [0.05, 0.1) is 5.02 Å². The minimum Gasteiger partial charge on any atom is -0.482 e. The van der Waals surface area contributed by atoms with E-state index in [4.69, 9.17) is 30.5 Å². The summed E-state index contributed by atoms with van der Waals surface area (Å²) in [5, 5.41) is -0.0729. The number of rotatable bonds is 5. The van der Waals surface area contributed by atoms with E-state index in [0.29, 0.717) is 11.5 Å². The lowest BCUT2D eigenvalue weighted by Crippen LogP contribution is -2.14. The van der Waals surface area contributed by atoms with Crippen molar-refractivity contribution < 1.29 is 28.1 Å². The van der Waals surface area contributed by atoms with E-state index in [-0.39, 0.29) is 30.8 Å². The summed E-state index contributed by atoms with van der Waals surface area (Å²) in [7, 11) is 0. The van der Waals surface area contributed by atoms with Gasteiger partial charge in [0, 0.05) is 6.07 Å².